The Morgan fingerprint density at radius 2 is 2.07 bits per heavy atom. The fraction of sp³-hybridized carbons (Fsp3) is 0.667. The van der Waals surface area contributed by atoms with Crippen molar-refractivity contribution in [3.63, 3.8) is 0 Å². The quantitative estimate of drug-likeness (QED) is 0.708. The predicted molar refractivity (Wildman–Crippen MR) is 43.7 cm³/mol. The van der Waals surface area contributed by atoms with E-state index in [2.05, 4.69) is 0 Å². The first-order valence-corrected chi connectivity index (χ1v) is 4.31. The Balaban J connectivity index is 2.83. The number of carboxylic acid groups (broad SMARTS) is 1. The maximum absolute atomic E-state index is 12.2. The molecular weight excluding hydrogens is 197 g/mol. The van der Waals surface area contributed by atoms with Gasteiger partial charge in [0, 0.05) is 0 Å². The molecule has 0 amide bonds. The van der Waals surface area contributed by atoms with E-state index in [1.54, 1.807) is 6.08 Å². The zero-order valence-corrected chi connectivity index (χ0v) is 7.47. The summed E-state index contributed by atoms with van der Waals surface area (Å²) in [7, 11) is 0. The van der Waals surface area contributed by atoms with Crippen LogP contribution in [-0.4, -0.2) is 17.3 Å². The monoisotopic (exact) mass is 208 g/mol. The predicted octanol–water partition coefficient (Wildman–Crippen LogP) is 2.75. The average molecular weight is 208 g/mol. The van der Waals surface area contributed by atoms with Crippen LogP contribution >= 0.6 is 0 Å². The topological polar surface area (TPSA) is 37.3 Å². The maximum atomic E-state index is 12.2. The summed E-state index contributed by atoms with van der Waals surface area (Å²) in [5, 5.41) is 8.82. The molecule has 0 aromatic rings. The van der Waals surface area contributed by atoms with E-state index in [0.29, 0.717) is 6.42 Å². The highest BCUT2D eigenvalue weighted by molar-refractivity contribution is 5.75. The smallest absolute Gasteiger partial charge is 0.390 e. The summed E-state index contributed by atoms with van der Waals surface area (Å²) < 4.78 is 36.5. The number of alkyl halides is 3. The van der Waals surface area contributed by atoms with Crippen molar-refractivity contribution in [2.24, 2.45) is 5.41 Å². The molecule has 1 rings (SSSR count). The molecule has 0 aromatic heterocycles. The van der Waals surface area contributed by atoms with Gasteiger partial charge in [-0.15, -0.1) is 0 Å². The molecule has 1 aliphatic carbocycles. The minimum Gasteiger partial charge on any atom is -0.481 e. The molecule has 2 nitrogen and oxygen atoms in total. The SMILES string of the molecule is O=C(O)C1(CC(F)(F)F)CC=CCC1. The molecule has 1 unspecified atom stereocenters. The lowest BCUT2D eigenvalue weighted by Crippen LogP contribution is -2.36. The second-order valence-corrected chi connectivity index (χ2v) is 3.59. The molecule has 0 aliphatic heterocycles. The number of halogens is 3. The summed E-state index contributed by atoms with van der Waals surface area (Å²) in [4.78, 5) is 10.8. The van der Waals surface area contributed by atoms with Gasteiger partial charge in [-0.2, -0.15) is 13.2 Å². The Labute approximate surface area is 79.4 Å². The molecule has 0 bridgehead atoms. The van der Waals surface area contributed by atoms with E-state index in [0.717, 1.165) is 0 Å². The molecule has 14 heavy (non-hydrogen) atoms. The summed E-state index contributed by atoms with van der Waals surface area (Å²) in [5.74, 6) is -1.35. The van der Waals surface area contributed by atoms with Crippen LogP contribution in [0.5, 0.6) is 0 Å². The van der Waals surface area contributed by atoms with E-state index in [9.17, 15) is 18.0 Å². The molecular formula is C9H11F3O2. The average Bonchev–Trinajstić information content (AvgIpc) is 2.02. The van der Waals surface area contributed by atoms with Gasteiger partial charge in [0.15, 0.2) is 0 Å². The van der Waals surface area contributed by atoms with E-state index < -0.39 is 24.0 Å². The number of carboxylic acids is 1. The van der Waals surface area contributed by atoms with Crippen molar-refractivity contribution < 1.29 is 23.1 Å². The molecule has 0 saturated carbocycles. The minimum atomic E-state index is -4.41. The molecule has 1 N–H and O–H groups in total. The third-order valence-electron chi connectivity index (χ3n) is 2.46. The summed E-state index contributed by atoms with van der Waals surface area (Å²) in [6, 6.07) is 0. The van der Waals surface area contributed by atoms with Crippen LogP contribution in [0.2, 0.25) is 0 Å². The first kappa shape index (κ1) is 11.1. The van der Waals surface area contributed by atoms with E-state index >= 15 is 0 Å². The number of carbonyl (C=O) groups is 1. The molecule has 0 radical (unpaired) electrons. The summed E-state index contributed by atoms with van der Waals surface area (Å²) in [5.41, 5.74) is -1.63. The molecule has 0 heterocycles. The molecule has 1 aliphatic rings. The Kier molecular flexibility index (Phi) is 2.87. The number of hydrogen-bond acceptors (Lipinski definition) is 1. The lowest BCUT2D eigenvalue weighted by atomic mass is 9.74. The molecule has 5 heteroatoms. The van der Waals surface area contributed by atoms with Gasteiger partial charge in [0.2, 0.25) is 0 Å². The Bertz CT molecular complexity index is 257. The zero-order chi connectivity index (χ0) is 10.8. The van der Waals surface area contributed by atoms with Crippen LogP contribution in [0.3, 0.4) is 0 Å². The van der Waals surface area contributed by atoms with Crippen LogP contribution < -0.4 is 0 Å². The third-order valence-corrected chi connectivity index (χ3v) is 2.46. The van der Waals surface area contributed by atoms with Gasteiger partial charge in [0.25, 0.3) is 0 Å². The lowest BCUT2D eigenvalue weighted by molar-refractivity contribution is -0.179. The normalized spacial score (nSPS) is 27.6. The number of hydrogen-bond donors (Lipinski definition) is 1. The van der Waals surface area contributed by atoms with Gasteiger partial charge < -0.3 is 5.11 Å². The molecule has 0 aromatic carbocycles. The van der Waals surface area contributed by atoms with Crippen LogP contribution in [0.25, 0.3) is 0 Å². The molecule has 0 fully saturated rings. The second-order valence-electron chi connectivity index (χ2n) is 3.59. The zero-order valence-electron chi connectivity index (χ0n) is 7.47. The number of aliphatic carboxylic acids is 1. The van der Waals surface area contributed by atoms with Crippen LogP contribution in [0, 0.1) is 5.41 Å². The fourth-order valence-corrected chi connectivity index (χ4v) is 1.70. The van der Waals surface area contributed by atoms with Crippen LogP contribution in [0.1, 0.15) is 25.7 Å². The Hall–Kier alpha value is -1.00. The first-order chi connectivity index (χ1) is 6.36. The minimum absolute atomic E-state index is 0.0259. The number of allylic oxidation sites excluding steroid dienone is 2. The van der Waals surface area contributed by atoms with Crippen molar-refractivity contribution in [2.75, 3.05) is 0 Å². The highest BCUT2D eigenvalue weighted by Gasteiger charge is 2.47. The van der Waals surface area contributed by atoms with E-state index in [1.807, 2.05) is 0 Å². The second kappa shape index (κ2) is 3.63. The molecule has 80 valence electrons. The largest absolute Gasteiger partial charge is 0.481 e. The van der Waals surface area contributed by atoms with E-state index in [1.165, 1.54) is 6.08 Å². The van der Waals surface area contributed by atoms with Crippen LogP contribution in [0.15, 0.2) is 12.2 Å². The summed E-state index contributed by atoms with van der Waals surface area (Å²) in [6.07, 6.45) is -1.97. The van der Waals surface area contributed by atoms with Gasteiger partial charge in [0.1, 0.15) is 0 Å². The van der Waals surface area contributed by atoms with Gasteiger partial charge in [0.05, 0.1) is 11.8 Å². The third kappa shape index (κ3) is 2.49. The van der Waals surface area contributed by atoms with Crippen molar-refractivity contribution in [3.8, 4) is 0 Å². The van der Waals surface area contributed by atoms with Crippen molar-refractivity contribution in [1.82, 2.24) is 0 Å². The molecule has 0 saturated heterocycles. The van der Waals surface area contributed by atoms with Gasteiger partial charge >= 0.3 is 12.1 Å². The van der Waals surface area contributed by atoms with Crippen LogP contribution in [0.4, 0.5) is 13.2 Å². The Morgan fingerprint density at radius 3 is 2.43 bits per heavy atom. The fourth-order valence-electron chi connectivity index (χ4n) is 1.70. The molecule has 0 spiro atoms. The van der Waals surface area contributed by atoms with Gasteiger partial charge in [-0.05, 0) is 19.3 Å². The lowest BCUT2D eigenvalue weighted by Gasteiger charge is -2.31. The van der Waals surface area contributed by atoms with Crippen molar-refractivity contribution in [2.45, 2.75) is 31.9 Å². The van der Waals surface area contributed by atoms with Gasteiger partial charge in [-0.1, -0.05) is 12.2 Å². The maximum Gasteiger partial charge on any atom is 0.390 e. The highest BCUT2D eigenvalue weighted by atomic mass is 19.4. The van der Waals surface area contributed by atoms with E-state index in [4.69, 9.17) is 5.11 Å². The molecule has 1 atom stereocenters. The Morgan fingerprint density at radius 1 is 1.43 bits per heavy atom. The van der Waals surface area contributed by atoms with Gasteiger partial charge in [-0.25, -0.2) is 0 Å². The van der Waals surface area contributed by atoms with Crippen LogP contribution in [-0.2, 0) is 4.79 Å². The summed E-state index contributed by atoms with van der Waals surface area (Å²) >= 11 is 0. The van der Waals surface area contributed by atoms with E-state index in [-0.39, 0.29) is 12.8 Å². The van der Waals surface area contributed by atoms with Crippen molar-refractivity contribution in [3.05, 3.63) is 12.2 Å². The number of rotatable bonds is 2. The summed E-state index contributed by atoms with van der Waals surface area (Å²) in [6.45, 7) is 0. The highest BCUT2D eigenvalue weighted by Crippen LogP contribution is 2.42. The van der Waals surface area contributed by atoms with Crippen molar-refractivity contribution >= 4 is 5.97 Å². The standard InChI is InChI=1S/C9H11F3O2/c10-9(11,12)6-8(7(13)14)4-2-1-3-5-8/h1-2H,3-6H2,(H,13,14). The van der Waals surface area contributed by atoms with Gasteiger partial charge in [-0.3, -0.25) is 4.79 Å². The first-order valence-electron chi connectivity index (χ1n) is 4.31. The van der Waals surface area contributed by atoms with Crippen molar-refractivity contribution in [1.29, 1.82) is 0 Å².